The smallest absolute Gasteiger partial charge is 0.256 e. The molecule has 0 spiro atoms. The molecule has 0 aliphatic rings. The third-order valence-electron chi connectivity index (χ3n) is 4.15. The van der Waals surface area contributed by atoms with E-state index in [-0.39, 0.29) is 5.91 Å². The van der Waals surface area contributed by atoms with Gasteiger partial charge in [-0.1, -0.05) is 41.4 Å². The molecule has 26 heavy (non-hydrogen) atoms. The zero-order valence-electron chi connectivity index (χ0n) is 14.8. The van der Waals surface area contributed by atoms with Crippen LogP contribution < -0.4 is 5.32 Å². The summed E-state index contributed by atoms with van der Waals surface area (Å²) in [5.74, 6) is 1.34. The molecular weight excluding hydrogens is 373 g/mol. The van der Waals surface area contributed by atoms with Gasteiger partial charge in [0.05, 0.1) is 17.8 Å². The Labute approximate surface area is 161 Å². The molecule has 1 amide bonds. The molecule has 3 aromatic rings. The fourth-order valence-corrected chi connectivity index (χ4v) is 3.34. The Bertz CT molecular complexity index is 960. The molecule has 1 aromatic carbocycles. The number of benzene rings is 1. The molecule has 136 valence electrons. The summed E-state index contributed by atoms with van der Waals surface area (Å²) in [6.45, 7) is 6.27. The first kappa shape index (κ1) is 18.5. The number of furan rings is 1. The molecule has 0 aliphatic carbocycles. The third kappa shape index (κ3) is 3.79. The summed E-state index contributed by atoms with van der Waals surface area (Å²) >= 11 is 12.6. The number of halogens is 2. The molecule has 0 bridgehead atoms. The van der Waals surface area contributed by atoms with Crippen LogP contribution in [0.4, 0.5) is 0 Å². The summed E-state index contributed by atoms with van der Waals surface area (Å²) in [5.41, 5.74) is 2.76. The predicted octanol–water partition coefficient (Wildman–Crippen LogP) is 4.69. The standard InChI is InChI=1S/C19H19Cl2N3O2/c1-11-8-15(13(3)26-11)9-22-19(25)17-12(2)23-24(18(17)21)10-14-6-4-5-7-16(14)20/h4-8H,9-10H2,1-3H3,(H,22,25). The number of carbonyl (C=O) groups excluding carboxylic acids is 1. The zero-order chi connectivity index (χ0) is 18.8. The highest BCUT2D eigenvalue weighted by Gasteiger charge is 2.21. The first-order valence-electron chi connectivity index (χ1n) is 8.17. The van der Waals surface area contributed by atoms with Gasteiger partial charge in [0.15, 0.2) is 0 Å². The van der Waals surface area contributed by atoms with Gasteiger partial charge in [-0.3, -0.25) is 4.79 Å². The van der Waals surface area contributed by atoms with Crippen molar-refractivity contribution >= 4 is 29.1 Å². The van der Waals surface area contributed by atoms with Crippen molar-refractivity contribution in [2.45, 2.75) is 33.9 Å². The lowest BCUT2D eigenvalue weighted by Gasteiger charge is -2.06. The van der Waals surface area contributed by atoms with Crippen LogP contribution in [0.15, 0.2) is 34.7 Å². The van der Waals surface area contributed by atoms with Gasteiger partial charge in [-0.15, -0.1) is 0 Å². The van der Waals surface area contributed by atoms with Crippen LogP contribution in [0.2, 0.25) is 10.2 Å². The lowest BCUT2D eigenvalue weighted by molar-refractivity contribution is 0.0950. The number of aryl methyl sites for hydroxylation is 3. The Balaban J connectivity index is 1.78. The van der Waals surface area contributed by atoms with Crippen LogP contribution in [0.3, 0.4) is 0 Å². The van der Waals surface area contributed by atoms with Crippen LogP contribution in [0.25, 0.3) is 0 Å². The van der Waals surface area contributed by atoms with E-state index in [9.17, 15) is 4.79 Å². The zero-order valence-corrected chi connectivity index (χ0v) is 16.3. The van der Waals surface area contributed by atoms with Gasteiger partial charge in [-0.25, -0.2) is 4.68 Å². The van der Waals surface area contributed by atoms with Gasteiger partial charge in [0.1, 0.15) is 16.7 Å². The van der Waals surface area contributed by atoms with Crippen molar-refractivity contribution in [1.29, 1.82) is 0 Å². The monoisotopic (exact) mass is 391 g/mol. The highest BCUT2D eigenvalue weighted by atomic mass is 35.5. The molecule has 2 aromatic heterocycles. The second-order valence-corrected chi connectivity index (χ2v) is 6.89. The van der Waals surface area contributed by atoms with Gasteiger partial charge >= 0.3 is 0 Å². The van der Waals surface area contributed by atoms with Crippen molar-refractivity contribution in [3.63, 3.8) is 0 Å². The number of hydrogen-bond acceptors (Lipinski definition) is 3. The Morgan fingerprint density at radius 2 is 1.92 bits per heavy atom. The van der Waals surface area contributed by atoms with E-state index >= 15 is 0 Å². The van der Waals surface area contributed by atoms with E-state index in [0.29, 0.717) is 34.5 Å². The molecule has 0 fully saturated rings. The van der Waals surface area contributed by atoms with E-state index in [2.05, 4.69) is 10.4 Å². The van der Waals surface area contributed by atoms with E-state index in [0.717, 1.165) is 22.6 Å². The normalized spacial score (nSPS) is 11.0. The first-order valence-corrected chi connectivity index (χ1v) is 8.93. The molecule has 3 rings (SSSR count). The maximum Gasteiger partial charge on any atom is 0.256 e. The lowest BCUT2D eigenvalue weighted by Crippen LogP contribution is -2.23. The van der Waals surface area contributed by atoms with E-state index in [1.165, 1.54) is 0 Å². The SMILES string of the molecule is Cc1cc(CNC(=O)c2c(C)nn(Cc3ccccc3Cl)c2Cl)c(C)o1. The summed E-state index contributed by atoms with van der Waals surface area (Å²) in [6.07, 6.45) is 0. The molecule has 1 N–H and O–H groups in total. The van der Waals surface area contributed by atoms with Gasteiger partial charge in [0.25, 0.3) is 5.91 Å². The summed E-state index contributed by atoms with van der Waals surface area (Å²) in [6, 6.07) is 9.38. The maximum atomic E-state index is 12.6. The van der Waals surface area contributed by atoms with Gasteiger partial charge in [0, 0.05) is 17.1 Å². The number of rotatable bonds is 5. The van der Waals surface area contributed by atoms with E-state index in [1.807, 2.05) is 44.2 Å². The van der Waals surface area contributed by atoms with E-state index < -0.39 is 0 Å². The topological polar surface area (TPSA) is 60.1 Å². The van der Waals surface area contributed by atoms with Crippen LogP contribution in [-0.2, 0) is 13.1 Å². The molecule has 5 nitrogen and oxygen atoms in total. The van der Waals surface area contributed by atoms with Crippen molar-refractivity contribution in [3.05, 3.63) is 74.4 Å². The second-order valence-electron chi connectivity index (χ2n) is 6.12. The number of nitrogens with zero attached hydrogens (tertiary/aromatic N) is 2. The molecule has 2 heterocycles. The predicted molar refractivity (Wildman–Crippen MR) is 102 cm³/mol. The minimum Gasteiger partial charge on any atom is -0.466 e. The fraction of sp³-hybridized carbons (Fsp3) is 0.263. The highest BCUT2D eigenvalue weighted by Crippen LogP contribution is 2.23. The van der Waals surface area contributed by atoms with Crippen molar-refractivity contribution in [1.82, 2.24) is 15.1 Å². The molecule has 0 saturated carbocycles. The van der Waals surface area contributed by atoms with Crippen LogP contribution in [0, 0.1) is 20.8 Å². The quantitative estimate of drug-likeness (QED) is 0.686. The number of nitrogens with one attached hydrogen (secondary N) is 1. The highest BCUT2D eigenvalue weighted by molar-refractivity contribution is 6.33. The number of amides is 1. The van der Waals surface area contributed by atoms with Gasteiger partial charge in [-0.2, -0.15) is 5.10 Å². The van der Waals surface area contributed by atoms with Crippen molar-refractivity contribution in [2.75, 3.05) is 0 Å². The van der Waals surface area contributed by atoms with Crippen LogP contribution in [-0.4, -0.2) is 15.7 Å². The molecule has 0 aliphatic heterocycles. The van der Waals surface area contributed by atoms with E-state index in [1.54, 1.807) is 11.6 Å². The largest absolute Gasteiger partial charge is 0.466 e. The summed E-state index contributed by atoms with van der Waals surface area (Å²) in [4.78, 5) is 12.6. The average Bonchev–Trinajstić information content (AvgIpc) is 3.05. The number of hydrogen-bond donors (Lipinski definition) is 1. The minimum absolute atomic E-state index is 0.267. The Morgan fingerprint density at radius 1 is 1.19 bits per heavy atom. The van der Waals surface area contributed by atoms with Crippen LogP contribution in [0.5, 0.6) is 0 Å². The Morgan fingerprint density at radius 3 is 2.58 bits per heavy atom. The van der Waals surface area contributed by atoms with Crippen molar-refractivity contribution < 1.29 is 9.21 Å². The average molecular weight is 392 g/mol. The molecule has 0 unspecified atom stereocenters. The van der Waals surface area contributed by atoms with Crippen LogP contribution in [0.1, 0.15) is 38.7 Å². The molecular formula is C19H19Cl2N3O2. The number of aromatic nitrogens is 2. The fourth-order valence-electron chi connectivity index (χ4n) is 2.83. The van der Waals surface area contributed by atoms with Gasteiger partial charge in [-0.05, 0) is 38.5 Å². The second kappa shape index (κ2) is 7.56. The third-order valence-corrected chi connectivity index (χ3v) is 4.91. The summed E-state index contributed by atoms with van der Waals surface area (Å²) < 4.78 is 7.06. The van der Waals surface area contributed by atoms with Crippen molar-refractivity contribution in [2.24, 2.45) is 0 Å². The summed E-state index contributed by atoms with van der Waals surface area (Å²) in [7, 11) is 0. The van der Waals surface area contributed by atoms with Crippen LogP contribution >= 0.6 is 23.2 Å². The molecule has 7 heteroatoms. The Hall–Kier alpha value is -2.24. The molecule has 0 saturated heterocycles. The molecule has 0 radical (unpaired) electrons. The minimum atomic E-state index is -0.267. The maximum absolute atomic E-state index is 12.6. The number of carbonyl (C=O) groups is 1. The Kier molecular flexibility index (Phi) is 5.39. The summed E-state index contributed by atoms with van der Waals surface area (Å²) in [5, 5.41) is 8.19. The van der Waals surface area contributed by atoms with Crippen molar-refractivity contribution in [3.8, 4) is 0 Å². The van der Waals surface area contributed by atoms with E-state index in [4.69, 9.17) is 27.6 Å². The van der Waals surface area contributed by atoms with Gasteiger partial charge < -0.3 is 9.73 Å². The lowest BCUT2D eigenvalue weighted by atomic mass is 10.2. The molecule has 0 atom stereocenters. The van der Waals surface area contributed by atoms with Gasteiger partial charge in [0.2, 0.25) is 0 Å². The first-order chi connectivity index (χ1) is 12.4.